The molecule has 6 nitrogen and oxygen atoms in total. The van der Waals surface area contributed by atoms with Gasteiger partial charge < -0.3 is 19.5 Å². The zero-order valence-electron chi connectivity index (χ0n) is 18.4. The Labute approximate surface area is 194 Å². The number of ether oxygens (including phenoxy) is 1. The summed E-state index contributed by atoms with van der Waals surface area (Å²) in [5, 5.41) is 4.37. The lowest BCUT2D eigenvalue weighted by Crippen LogP contribution is -2.42. The topological polar surface area (TPSA) is 45.6 Å². The second-order valence-corrected chi connectivity index (χ2v) is 8.73. The van der Waals surface area contributed by atoms with Crippen LogP contribution < -0.4 is 5.32 Å². The first kappa shape index (κ1) is 21.1. The molecule has 1 aromatic carbocycles. The molecule has 1 N–H and O–H groups in total. The lowest BCUT2D eigenvalue weighted by Gasteiger charge is -2.32. The molecule has 0 bridgehead atoms. The van der Waals surface area contributed by atoms with Crippen LogP contribution in [0, 0.1) is 6.92 Å². The number of rotatable bonds is 6. The van der Waals surface area contributed by atoms with Crippen molar-refractivity contribution < 1.29 is 4.74 Å². The summed E-state index contributed by atoms with van der Waals surface area (Å²) in [5.74, 6) is 0. The van der Waals surface area contributed by atoms with Gasteiger partial charge in [0.2, 0.25) is 0 Å². The summed E-state index contributed by atoms with van der Waals surface area (Å²) in [4.78, 5) is 9.48. The summed E-state index contributed by atoms with van der Waals surface area (Å²) in [6.45, 7) is 7.53. The van der Waals surface area contributed by atoms with Gasteiger partial charge in [0.1, 0.15) is 0 Å². The van der Waals surface area contributed by atoms with Gasteiger partial charge in [-0.05, 0) is 55.5 Å². The Kier molecular flexibility index (Phi) is 6.21. The predicted molar refractivity (Wildman–Crippen MR) is 130 cm³/mol. The quantitative estimate of drug-likeness (QED) is 0.584. The highest BCUT2D eigenvalue weighted by molar-refractivity contribution is 7.80. The second-order valence-electron chi connectivity index (χ2n) is 8.34. The van der Waals surface area contributed by atoms with E-state index in [9.17, 15) is 0 Å². The monoisotopic (exact) mass is 447 g/mol. The van der Waals surface area contributed by atoms with Crippen LogP contribution in [0.5, 0.6) is 0 Å². The lowest BCUT2D eigenvalue weighted by atomic mass is 10.0. The third kappa shape index (κ3) is 4.16. The van der Waals surface area contributed by atoms with Gasteiger partial charge in [0.25, 0.3) is 0 Å². The fraction of sp³-hybridized carbons (Fsp3) is 0.360. The number of pyridine rings is 1. The van der Waals surface area contributed by atoms with E-state index in [1.807, 2.05) is 18.3 Å². The number of morpholine rings is 1. The van der Waals surface area contributed by atoms with Crippen molar-refractivity contribution in [3.8, 4) is 5.69 Å². The van der Waals surface area contributed by atoms with E-state index < -0.39 is 0 Å². The molecular weight excluding hydrogens is 418 g/mol. The number of hydrogen-bond acceptors (Lipinski definition) is 4. The zero-order chi connectivity index (χ0) is 21.9. The number of thiocarbonyl (C=S) groups is 1. The van der Waals surface area contributed by atoms with E-state index in [-0.39, 0.29) is 12.1 Å². The summed E-state index contributed by atoms with van der Waals surface area (Å²) in [6.07, 6.45) is 1.86. The van der Waals surface area contributed by atoms with Crippen LogP contribution in [-0.4, -0.2) is 63.9 Å². The van der Waals surface area contributed by atoms with Crippen LogP contribution in [0.4, 0.5) is 0 Å². The Morgan fingerprint density at radius 1 is 1.00 bits per heavy atom. The highest BCUT2D eigenvalue weighted by Crippen LogP contribution is 2.40. The van der Waals surface area contributed by atoms with E-state index in [4.69, 9.17) is 17.0 Å². The van der Waals surface area contributed by atoms with Gasteiger partial charge in [0.15, 0.2) is 5.11 Å². The molecule has 7 heteroatoms. The number of para-hydroxylation sites is 1. The molecule has 2 atom stereocenters. The summed E-state index contributed by atoms with van der Waals surface area (Å²) < 4.78 is 7.87. The van der Waals surface area contributed by atoms with Gasteiger partial charge in [-0.2, -0.15) is 0 Å². The molecule has 2 fully saturated rings. The fourth-order valence-electron chi connectivity index (χ4n) is 4.76. The van der Waals surface area contributed by atoms with Gasteiger partial charge in [0.05, 0.1) is 31.0 Å². The summed E-state index contributed by atoms with van der Waals surface area (Å²) in [7, 11) is 0. The average Bonchev–Trinajstić information content (AvgIpc) is 3.38. The molecule has 2 aliphatic rings. The molecule has 0 amide bonds. The van der Waals surface area contributed by atoms with Gasteiger partial charge in [-0.15, -0.1) is 0 Å². The fourth-order valence-corrected chi connectivity index (χ4v) is 5.09. The Hall–Kier alpha value is -2.74. The van der Waals surface area contributed by atoms with Gasteiger partial charge in [0, 0.05) is 49.5 Å². The minimum Gasteiger partial charge on any atom is -0.379 e. The van der Waals surface area contributed by atoms with Crippen molar-refractivity contribution in [3.63, 3.8) is 0 Å². The molecule has 3 aromatic rings. The Balaban J connectivity index is 1.52. The number of aryl methyl sites for hydroxylation is 1. The molecule has 166 valence electrons. The van der Waals surface area contributed by atoms with Crippen molar-refractivity contribution in [2.75, 3.05) is 39.4 Å². The van der Waals surface area contributed by atoms with Gasteiger partial charge >= 0.3 is 0 Å². The SMILES string of the molecule is Cc1ccc([C@@H]2[C@H](c3ccccn3)NC(=S)N2CCN2CCOCC2)n1-c1ccccc1. The van der Waals surface area contributed by atoms with Crippen LogP contribution >= 0.6 is 12.2 Å². The van der Waals surface area contributed by atoms with Crippen molar-refractivity contribution in [1.29, 1.82) is 0 Å². The Bertz CT molecular complexity index is 1050. The Morgan fingerprint density at radius 2 is 1.78 bits per heavy atom. The van der Waals surface area contributed by atoms with E-state index in [2.05, 4.69) is 80.1 Å². The number of benzene rings is 1. The molecule has 0 aliphatic carbocycles. The van der Waals surface area contributed by atoms with E-state index in [1.54, 1.807) is 0 Å². The van der Waals surface area contributed by atoms with Crippen molar-refractivity contribution in [2.45, 2.75) is 19.0 Å². The molecule has 2 aliphatic heterocycles. The minimum atomic E-state index is -0.00912. The number of hydrogen-bond donors (Lipinski definition) is 1. The molecule has 4 heterocycles. The molecule has 0 radical (unpaired) electrons. The average molecular weight is 448 g/mol. The molecule has 2 saturated heterocycles. The lowest BCUT2D eigenvalue weighted by molar-refractivity contribution is 0.0349. The Morgan fingerprint density at radius 3 is 2.53 bits per heavy atom. The van der Waals surface area contributed by atoms with Crippen LogP contribution in [0.3, 0.4) is 0 Å². The normalized spacial score (nSPS) is 21.7. The largest absolute Gasteiger partial charge is 0.379 e. The van der Waals surface area contributed by atoms with E-state index in [0.717, 1.165) is 55.9 Å². The predicted octanol–water partition coefficient (Wildman–Crippen LogP) is 3.49. The molecule has 0 saturated carbocycles. The third-order valence-corrected chi connectivity index (χ3v) is 6.73. The maximum Gasteiger partial charge on any atom is 0.170 e. The maximum atomic E-state index is 5.86. The van der Waals surface area contributed by atoms with E-state index in [0.29, 0.717) is 0 Å². The van der Waals surface area contributed by atoms with Crippen molar-refractivity contribution in [3.05, 3.63) is 83.9 Å². The molecule has 5 rings (SSSR count). The molecule has 0 unspecified atom stereocenters. The van der Waals surface area contributed by atoms with Gasteiger partial charge in [-0.1, -0.05) is 24.3 Å². The van der Waals surface area contributed by atoms with Crippen LogP contribution in [0.25, 0.3) is 5.69 Å². The summed E-state index contributed by atoms with van der Waals surface area (Å²) in [6, 6.07) is 21.1. The number of aromatic nitrogens is 2. The molecular formula is C25H29N5OS. The van der Waals surface area contributed by atoms with Gasteiger partial charge in [-0.25, -0.2) is 0 Å². The van der Waals surface area contributed by atoms with Crippen LogP contribution in [0.15, 0.2) is 66.9 Å². The third-order valence-electron chi connectivity index (χ3n) is 6.38. The molecule has 2 aromatic heterocycles. The van der Waals surface area contributed by atoms with E-state index in [1.165, 1.54) is 11.4 Å². The van der Waals surface area contributed by atoms with Crippen molar-refractivity contribution in [2.24, 2.45) is 0 Å². The first-order valence-corrected chi connectivity index (χ1v) is 11.6. The summed E-state index contributed by atoms with van der Waals surface area (Å²) >= 11 is 5.86. The highest BCUT2D eigenvalue weighted by Gasteiger charge is 2.41. The van der Waals surface area contributed by atoms with Crippen LogP contribution in [-0.2, 0) is 4.74 Å². The number of nitrogens with one attached hydrogen (secondary N) is 1. The van der Waals surface area contributed by atoms with Crippen molar-refractivity contribution >= 4 is 17.3 Å². The van der Waals surface area contributed by atoms with Crippen LogP contribution in [0.1, 0.15) is 29.2 Å². The maximum absolute atomic E-state index is 5.86. The van der Waals surface area contributed by atoms with Crippen molar-refractivity contribution in [1.82, 2.24) is 24.7 Å². The first-order valence-electron chi connectivity index (χ1n) is 11.2. The standard InChI is InChI=1S/C25H29N5OS/c1-19-10-11-22(30(19)20-7-3-2-4-8-20)24-23(21-9-5-6-12-26-21)27-25(32)29(24)14-13-28-15-17-31-18-16-28/h2-12,23-24H,13-18H2,1H3,(H,27,32)/t23-,24+/m0/s1. The smallest absolute Gasteiger partial charge is 0.170 e. The molecule has 32 heavy (non-hydrogen) atoms. The second kappa shape index (κ2) is 9.40. The van der Waals surface area contributed by atoms with E-state index >= 15 is 0 Å². The number of nitrogens with zero attached hydrogens (tertiary/aromatic N) is 4. The van der Waals surface area contributed by atoms with Crippen LogP contribution in [0.2, 0.25) is 0 Å². The van der Waals surface area contributed by atoms with Gasteiger partial charge in [-0.3, -0.25) is 9.88 Å². The minimum absolute atomic E-state index is 0.00912. The summed E-state index contributed by atoms with van der Waals surface area (Å²) in [5.41, 5.74) is 4.60. The highest BCUT2D eigenvalue weighted by atomic mass is 32.1. The first-order chi connectivity index (χ1) is 15.7. The molecule has 0 spiro atoms. The zero-order valence-corrected chi connectivity index (χ0v) is 19.2.